The summed E-state index contributed by atoms with van der Waals surface area (Å²) in [6.07, 6.45) is 17.0. The molecule has 158 valence electrons. The highest BCUT2D eigenvalue weighted by Crippen LogP contribution is 2.19. The maximum absolute atomic E-state index is 11.4. The Hall–Kier alpha value is -0.130. The molecular formula is C21H44O4S. The van der Waals surface area contributed by atoms with E-state index in [1.54, 1.807) is 0 Å². The zero-order valence-corrected chi connectivity index (χ0v) is 18.1. The Morgan fingerprint density at radius 3 is 1.46 bits per heavy atom. The van der Waals surface area contributed by atoms with Gasteiger partial charge in [-0.1, -0.05) is 97.3 Å². The lowest BCUT2D eigenvalue weighted by atomic mass is 10.0. The predicted octanol–water partition coefficient (Wildman–Crippen LogP) is 6.28. The Labute approximate surface area is 162 Å². The van der Waals surface area contributed by atoms with E-state index in [9.17, 15) is 18.1 Å². The van der Waals surface area contributed by atoms with Gasteiger partial charge in [-0.15, -0.1) is 0 Å². The van der Waals surface area contributed by atoms with E-state index in [4.69, 9.17) is 0 Å². The largest absolute Gasteiger partial charge is 0.393 e. The highest BCUT2D eigenvalue weighted by molar-refractivity contribution is 7.86. The number of unbranched alkanes of at least 4 members (excludes halogenated alkanes) is 10. The average molecular weight is 393 g/mol. The summed E-state index contributed by atoms with van der Waals surface area (Å²) in [7, 11) is -3.94. The van der Waals surface area contributed by atoms with Crippen molar-refractivity contribution in [2.45, 2.75) is 134 Å². The van der Waals surface area contributed by atoms with Crippen molar-refractivity contribution in [2.75, 3.05) is 0 Å². The molecule has 2 unspecified atom stereocenters. The van der Waals surface area contributed by atoms with Crippen LogP contribution in [0.15, 0.2) is 0 Å². The van der Waals surface area contributed by atoms with Gasteiger partial charge in [0.2, 0.25) is 0 Å². The molecule has 26 heavy (non-hydrogen) atoms. The first-order valence-corrected chi connectivity index (χ1v) is 12.6. The van der Waals surface area contributed by atoms with Crippen molar-refractivity contribution in [2.24, 2.45) is 0 Å². The van der Waals surface area contributed by atoms with Crippen molar-refractivity contribution < 1.29 is 18.1 Å². The van der Waals surface area contributed by atoms with Gasteiger partial charge in [0.1, 0.15) is 0 Å². The van der Waals surface area contributed by atoms with Crippen LogP contribution in [0.5, 0.6) is 0 Å². The molecule has 2 atom stereocenters. The topological polar surface area (TPSA) is 74.6 Å². The Morgan fingerprint density at radius 1 is 0.615 bits per heavy atom. The zero-order chi connectivity index (χ0) is 19.7. The fourth-order valence-corrected chi connectivity index (χ4v) is 4.40. The van der Waals surface area contributed by atoms with Gasteiger partial charge in [0.15, 0.2) is 0 Å². The van der Waals surface area contributed by atoms with Crippen LogP contribution in [0.3, 0.4) is 0 Å². The van der Waals surface area contributed by atoms with Crippen LogP contribution >= 0.6 is 0 Å². The summed E-state index contributed by atoms with van der Waals surface area (Å²) in [5, 5.41) is 9.43. The third-order valence-electron chi connectivity index (χ3n) is 5.26. The molecule has 0 fully saturated rings. The molecule has 0 bridgehead atoms. The molecule has 0 heterocycles. The maximum atomic E-state index is 11.4. The third-order valence-corrected chi connectivity index (χ3v) is 6.57. The Morgan fingerprint density at radius 2 is 0.962 bits per heavy atom. The molecule has 0 aliphatic rings. The zero-order valence-electron chi connectivity index (χ0n) is 17.3. The Kier molecular flexibility index (Phi) is 16.9. The number of aliphatic hydroxyl groups is 1. The fourth-order valence-electron chi connectivity index (χ4n) is 3.47. The number of aliphatic hydroxyl groups excluding tert-OH is 1. The van der Waals surface area contributed by atoms with Crippen LogP contribution < -0.4 is 0 Å². The van der Waals surface area contributed by atoms with E-state index in [2.05, 4.69) is 13.8 Å². The molecule has 0 rings (SSSR count). The summed E-state index contributed by atoms with van der Waals surface area (Å²) < 4.78 is 32.2. The molecule has 0 aliphatic carbocycles. The second kappa shape index (κ2) is 17.0. The van der Waals surface area contributed by atoms with Crippen molar-refractivity contribution in [3.63, 3.8) is 0 Å². The first-order valence-electron chi connectivity index (χ1n) is 11.1. The number of hydrogen-bond acceptors (Lipinski definition) is 3. The molecular weight excluding hydrogens is 348 g/mol. The molecule has 0 spiro atoms. The SMILES string of the molecule is CCCCCCCCCCC(O)CCCCC(CCCCC)S(=O)(=O)O. The van der Waals surface area contributed by atoms with Crippen molar-refractivity contribution in [1.82, 2.24) is 0 Å². The second-order valence-electron chi connectivity index (χ2n) is 7.83. The summed E-state index contributed by atoms with van der Waals surface area (Å²) in [4.78, 5) is 0. The van der Waals surface area contributed by atoms with E-state index in [0.717, 1.165) is 51.4 Å². The van der Waals surface area contributed by atoms with Crippen LogP contribution in [0, 0.1) is 0 Å². The van der Waals surface area contributed by atoms with E-state index in [-0.39, 0.29) is 6.10 Å². The highest BCUT2D eigenvalue weighted by atomic mass is 32.2. The standard InChI is InChI=1S/C21H44O4S/c1-3-5-7-8-9-10-11-13-16-20(22)17-14-15-19-21(26(23,24)25)18-12-6-4-2/h20-22H,3-19H2,1-2H3,(H,23,24,25). The van der Waals surface area contributed by atoms with Gasteiger partial charge in [0.25, 0.3) is 10.1 Å². The van der Waals surface area contributed by atoms with Crippen LogP contribution in [0.2, 0.25) is 0 Å². The molecule has 0 amide bonds. The smallest absolute Gasteiger partial charge is 0.267 e. The van der Waals surface area contributed by atoms with Gasteiger partial charge in [-0.3, -0.25) is 4.55 Å². The lowest BCUT2D eigenvalue weighted by Gasteiger charge is -2.14. The van der Waals surface area contributed by atoms with Crippen LogP contribution in [-0.4, -0.2) is 29.4 Å². The molecule has 0 aromatic rings. The van der Waals surface area contributed by atoms with Crippen LogP contribution in [0.4, 0.5) is 0 Å². The summed E-state index contributed by atoms with van der Waals surface area (Å²) in [6.45, 7) is 4.31. The molecule has 4 nitrogen and oxygen atoms in total. The summed E-state index contributed by atoms with van der Waals surface area (Å²) in [5.41, 5.74) is 0. The van der Waals surface area contributed by atoms with E-state index in [0.29, 0.717) is 12.8 Å². The minimum absolute atomic E-state index is 0.264. The van der Waals surface area contributed by atoms with Gasteiger partial charge in [0, 0.05) is 0 Å². The molecule has 5 heteroatoms. The molecule has 2 N–H and O–H groups in total. The average Bonchev–Trinajstić information content (AvgIpc) is 2.58. The molecule has 0 aromatic heterocycles. The van der Waals surface area contributed by atoms with Gasteiger partial charge in [-0.25, -0.2) is 0 Å². The molecule has 0 aromatic carbocycles. The second-order valence-corrected chi connectivity index (χ2v) is 9.53. The van der Waals surface area contributed by atoms with E-state index >= 15 is 0 Å². The minimum atomic E-state index is -3.94. The van der Waals surface area contributed by atoms with Crippen molar-refractivity contribution in [3.8, 4) is 0 Å². The lowest BCUT2D eigenvalue weighted by Crippen LogP contribution is -2.20. The Bertz CT molecular complexity index is 395. The van der Waals surface area contributed by atoms with Crippen LogP contribution in [0.1, 0.15) is 123 Å². The van der Waals surface area contributed by atoms with Gasteiger partial charge in [-0.05, 0) is 25.7 Å². The fraction of sp³-hybridized carbons (Fsp3) is 1.00. The summed E-state index contributed by atoms with van der Waals surface area (Å²) >= 11 is 0. The van der Waals surface area contributed by atoms with E-state index in [1.165, 1.54) is 44.9 Å². The molecule has 0 saturated carbocycles. The molecule has 0 saturated heterocycles. The van der Waals surface area contributed by atoms with E-state index in [1.807, 2.05) is 0 Å². The van der Waals surface area contributed by atoms with E-state index < -0.39 is 15.4 Å². The monoisotopic (exact) mass is 392 g/mol. The molecule has 0 radical (unpaired) electrons. The number of hydrogen-bond donors (Lipinski definition) is 2. The summed E-state index contributed by atoms with van der Waals surface area (Å²) in [6, 6.07) is 0. The van der Waals surface area contributed by atoms with Gasteiger partial charge >= 0.3 is 0 Å². The lowest BCUT2D eigenvalue weighted by molar-refractivity contribution is 0.147. The third kappa shape index (κ3) is 16.1. The van der Waals surface area contributed by atoms with Crippen molar-refractivity contribution in [1.29, 1.82) is 0 Å². The quantitative estimate of drug-likeness (QED) is 0.200. The van der Waals surface area contributed by atoms with Crippen LogP contribution in [0.25, 0.3) is 0 Å². The predicted molar refractivity (Wildman–Crippen MR) is 111 cm³/mol. The van der Waals surface area contributed by atoms with Crippen molar-refractivity contribution >= 4 is 10.1 Å². The van der Waals surface area contributed by atoms with Crippen molar-refractivity contribution in [3.05, 3.63) is 0 Å². The van der Waals surface area contributed by atoms with Gasteiger partial charge in [0.05, 0.1) is 11.4 Å². The minimum Gasteiger partial charge on any atom is -0.393 e. The highest BCUT2D eigenvalue weighted by Gasteiger charge is 2.21. The summed E-state index contributed by atoms with van der Waals surface area (Å²) in [5.74, 6) is 0. The molecule has 0 aliphatic heterocycles. The van der Waals surface area contributed by atoms with Gasteiger partial charge in [-0.2, -0.15) is 8.42 Å². The van der Waals surface area contributed by atoms with Crippen LogP contribution in [-0.2, 0) is 10.1 Å². The first-order chi connectivity index (χ1) is 12.4. The first kappa shape index (κ1) is 25.9. The maximum Gasteiger partial charge on any atom is 0.267 e. The Balaban J connectivity index is 3.67. The number of rotatable bonds is 19. The van der Waals surface area contributed by atoms with Gasteiger partial charge < -0.3 is 5.11 Å². The normalized spacial score (nSPS) is 14.5.